The van der Waals surface area contributed by atoms with E-state index in [4.69, 9.17) is 0 Å². The first-order valence-corrected chi connectivity index (χ1v) is 6.14. The van der Waals surface area contributed by atoms with Gasteiger partial charge < -0.3 is 5.32 Å². The van der Waals surface area contributed by atoms with Gasteiger partial charge in [0.2, 0.25) is 0 Å². The predicted octanol–water partition coefficient (Wildman–Crippen LogP) is 2.94. The maximum absolute atomic E-state index is 4.52. The summed E-state index contributed by atoms with van der Waals surface area (Å²) >= 11 is 0. The van der Waals surface area contributed by atoms with Crippen molar-refractivity contribution in [1.29, 1.82) is 0 Å². The van der Waals surface area contributed by atoms with Crippen LogP contribution < -0.4 is 5.32 Å². The quantitative estimate of drug-likeness (QED) is 0.831. The lowest BCUT2D eigenvalue weighted by Gasteiger charge is -2.21. The van der Waals surface area contributed by atoms with E-state index in [2.05, 4.69) is 29.1 Å². The van der Waals surface area contributed by atoms with Crippen LogP contribution in [0.25, 0.3) is 0 Å². The van der Waals surface area contributed by atoms with E-state index in [1.807, 2.05) is 20.0 Å². The van der Waals surface area contributed by atoms with E-state index >= 15 is 0 Å². The Morgan fingerprint density at radius 3 is 2.62 bits per heavy atom. The second-order valence-corrected chi connectivity index (χ2v) is 5.11. The average Bonchev–Trinajstić information content (AvgIpc) is 2.55. The number of aryl methyl sites for hydroxylation is 2. The Morgan fingerprint density at radius 1 is 1.25 bits per heavy atom. The van der Waals surface area contributed by atoms with Crippen LogP contribution in [-0.2, 0) is 0 Å². The van der Waals surface area contributed by atoms with Crippen molar-refractivity contribution in [2.24, 2.45) is 11.8 Å². The van der Waals surface area contributed by atoms with Crippen molar-refractivity contribution in [3.05, 3.63) is 17.6 Å². The fourth-order valence-corrected chi connectivity index (χ4v) is 2.42. The third-order valence-electron chi connectivity index (χ3n) is 3.86. The number of hydrogen-bond acceptors (Lipinski definition) is 3. The maximum Gasteiger partial charge on any atom is 0.147 e. The molecular formula is C13H21N3. The van der Waals surface area contributed by atoms with Gasteiger partial charge >= 0.3 is 0 Å². The molecule has 16 heavy (non-hydrogen) atoms. The summed E-state index contributed by atoms with van der Waals surface area (Å²) in [6, 6.07) is 0.560. The SMILES string of the molecule is Cc1cnc(C)c(NC2CCC(C)C2C)n1. The van der Waals surface area contributed by atoms with Crippen LogP contribution >= 0.6 is 0 Å². The Labute approximate surface area is 97.7 Å². The standard InChI is InChI=1S/C13H21N3/c1-8-5-6-12(10(8)3)16-13-11(4)14-7-9(2)15-13/h7-8,10,12H,5-6H2,1-4H3,(H,15,16). The molecule has 1 N–H and O–H groups in total. The first-order chi connectivity index (χ1) is 7.58. The lowest BCUT2D eigenvalue weighted by atomic mass is 9.98. The topological polar surface area (TPSA) is 37.8 Å². The molecule has 0 radical (unpaired) electrons. The largest absolute Gasteiger partial charge is 0.366 e. The van der Waals surface area contributed by atoms with Crippen LogP contribution in [0.1, 0.15) is 38.1 Å². The van der Waals surface area contributed by atoms with E-state index in [1.54, 1.807) is 0 Å². The summed E-state index contributed by atoms with van der Waals surface area (Å²) in [4.78, 5) is 8.86. The molecule has 1 fully saturated rings. The van der Waals surface area contributed by atoms with E-state index in [-0.39, 0.29) is 0 Å². The summed E-state index contributed by atoms with van der Waals surface area (Å²) < 4.78 is 0. The van der Waals surface area contributed by atoms with Gasteiger partial charge in [-0.15, -0.1) is 0 Å². The lowest BCUT2D eigenvalue weighted by molar-refractivity contribution is 0.435. The van der Waals surface area contributed by atoms with Crippen LogP contribution in [0.3, 0.4) is 0 Å². The minimum absolute atomic E-state index is 0.560. The van der Waals surface area contributed by atoms with Gasteiger partial charge in [0, 0.05) is 12.2 Å². The van der Waals surface area contributed by atoms with Gasteiger partial charge in [0.15, 0.2) is 0 Å². The molecule has 3 atom stereocenters. The monoisotopic (exact) mass is 219 g/mol. The summed E-state index contributed by atoms with van der Waals surface area (Å²) in [5.74, 6) is 2.50. The number of anilines is 1. The van der Waals surface area contributed by atoms with E-state index < -0.39 is 0 Å². The van der Waals surface area contributed by atoms with Crippen molar-refractivity contribution in [2.75, 3.05) is 5.32 Å². The van der Waals surface area contributed by atoms with Gasteiger partial charge in [-0.2, -0.15) is 0 Å². The van der Waals surface area contributed by atoms with Crippen LogP contribution in [0, 0.1) is 25.7 Å². The Morgan fingerprint density at radius 2 is 2.00 bits per heavy atom. The molecule has 3 nitrogen and oxygen atoms in total. The summed E-state index contributed by atoms with van der Waals surface area (Å²) in [5.41, 5.74) is 1.98. The first-order valence-electron chi connectivity index (χ1n) is 6.14. The van der Waals surface area contributed by atoms with E-state index in [0.29, 0.717) is 6.04 Å². The van der Waals surface area contributed by atoms with Crippen molar-refractivity contribution >= 4 is 5.82 Å². The molecule has 3 unspecified atom stereocenters. The number of hydrogen-bond donors (Lipinski definition) is 1. The van der Waals surface area contributed by atoms with Crippen LogP contribution in [0.4, 0.5) is 5.82 Å². The van der Waals surface area contributed by atoms with Crippen molar-refractivity contribution in [1.82, 2.24) is 9.97 Å². The summed E-state index contributed by atoms with van der Waals surface area (Å²) in [7, 11) is 0. The minimum Gasteiger partial charge on any atom is -0.366 e. The van der Waals surface area contributed by atoms with Crippen molar-refractivity contribution < 1.29 is 0 Å². The van der Waals surface area contributed by atoms with Crippen molar-refractivity contribution in [3.63, 3.8) is 0 Å². The zero-order chi connectivity index (χ0) is 11.7. The van der Waals surface area contributed by atoms with Crippen LogP contribution in [0.15, 0.2) is 6.20 Å². The number of nitrogens with one attached hydrogen (secondary N) is 1. The molecule has 2 rings (SSSR count). The maximum atomic E-state index is 4.52. The second-order valence-electron chi connectivity index (χ2n) is 5.11. The number of aromatic nitrogens is 2. The molecule has 0 aliphatic heterocycles. The highest BCUT2D eigenvalue weighted by Crippen LogP contribution is 2.33. The van der Waals surface area contributed by atoms with Crippen molar-refractivity contribution in [3.8, 4) is 0 Å². The van der Waals surface area contributed by atoms with Gasteiger partial charge in [-0.3, -0.25) is 4.98 Å². The van der Waals surface area contributed by atoms with Gasteiger partial charge in [-0.1, -0.05) is 13.8 Å². The molecule has 88 valence electrons. The minimum atomic E-state index is 0.560. The van der Waals surface area contributed by atoms with Crippen LogP contribution in [0.2, 0.25) is 0 Å². The molecule has 1 aliphatic rings. The Kier molecular flexibility index (Phi) is 3.13. The highest BCUT2D eigenvalue weighted by atomic mass is 15.1. The second kappa shape index (κ2) is 4.40. The molecule has 0 bridgehead atoms. The molecule has 0 amide bonds. The average molecular weight is 219 g/mol. The third kappa shape index (κ3) is 2.18. The molecule has 1 aromatic heterocycles. The van der Waals surface area contributed by atoms with Gasteiger partial charge in [0.05, 0.1) is 11.4 Å². The first kappa shape index (κ1) is 11.4. The number of nitrogens with zero attached hydrogens (tertiary/aromatic N) is 2. The predicted molar refractivity (Wildman–Crippen MR) is 66.5 cm³/mol. The van der Waals surface area contributed by atoms with Crippen molar-refractivity contribution in [2.45, 2.75) is 46.6 Å². The van der Waals surface area contributed by atoms with E-state index in [1.165, 1.54) is 12.8 Å². The van der Waals surface area contributed by atoms with Crippen LogP contribution in [0.5, 0.6) is 0 Å². The van der Waals surface area contributed by atoms with Gasteiger partial charge in [0.25, 0.3) is 0 Å². The normalized spacial score (nSPS) is 29.4. The molecule has 1 aliphatic carbocycles. The Hall–Kier alpha value is -1.12. The molecule has 0 spiro atoms. The molecule has 1 aromatic rings. The molecule has 3 heteroatoms. The fraction of sp³-hybridized carbons (Fsp3) is 0.692. The van der Waals surface area contributed by atoms with Gasteiger partial charge in [-0.25, -0.2) is 4.98 Å². The van der Waals surface area contributed by atoms with E-state index in [9.17, 15) is 0 Å². The zero-order valence-corrected chi connectivity index (χ0v) is 10.6. The van der Waals surface area contributed by atoms with Gasteiger partial charge in [-0.05, 0) is 38.5 Å². The Balaban J connectivity index is 2.12. The van der Waals surface area contributed by atoms with E-state index in [0.717, 1.165) is 29.0 Å². The molecule has 1 heterocycles. The van der Waals surface area contributed by atoms with Crippen LogP contribution in [-0.4, -0.2) is 16.0 Å². The molecule has 1 saturated carbocycles. The third-order valence-corrected chi connectivity index (χ3v) is 3.86. The molecular weight excluding hydrogens is 198 g/mol. The highest BCUT2D eigenvalue weighted by Gasteiger charge is 2.30. The summed E-state index contributed by atoms with van der Waals surface area (Å²) in [5, 5.41) is 3.56. The molecule has 0 aromatic carbocycles. The summed E-state index contributed by atoms with van der Waals surface area (Å²) in [6.07, 6.45) is 4.38. The zero-order valence-electron chi connectivity index (χ0n) is 10.6. The van der Waals surface area contributed by atoms with Gasteiger partial charge in [0.1, 0.15) is 5.82 Å². The smallest absolute Gasteiger partial charge is 0.147 e. The highest BCUT2D eigenvalue weighted by molar-refractivity contribution is 5.41. The number of rotatable bonds is 2. The fourth-order valence-electron chi connectivity index (χ4n) is 2.42. The molecule has 0 saturated heterocycles. The summed E-state index contributed by atoms with van der Waals surface area (Å²) in [6.45, 7) is 8.66. The Bertz CT molecular complexity index is 375. The lowest BCUT2D eigenvalue weighted by Crippen LogP contribution is -2.25.